The van der Waals surface area contributed by atoms with Crippen LogP contribution in [0.1, 0.15) is 0 Å². The average molecular weight is 282 g/mol. The molecule has 0 aliphatic rings. The molecule has 1 rings (SSSR count). The molecular weight excluding hydrogens is 264 g/mol. The summed E-state index contributed by atoms with van der Waals surface area (Å²) < 4.78 is 0. The summed E-state index contributed by atoms with van der Waals surface area (Å²) in [4.78, 5) is 13.7. The lowest BCUT2D eigenvalue weighted by Crippen LogP contribution is -2.32. The molecule has 108 valence electrons. The first-order valence-electron chi connectivity index (χ1n) is 6.35. The number of nitrogens with one attached hydrogen (secondary N) is 1. The van der Waals surface area contributed by atoms with Crippen LogP contribution in [0, 0.1) is 11.3 Å². The highest BCUT2D eigenvalue weighted by Gasteiger charge is 2.15. The van der Waals surface area contributed by atoms with Crippen LogP contribution in [0.2, 0.25) is 0 Å². The van der Waals surface area contributed by atoms with Crippen LogP contribution in [-0.2, 0) is 4.79 Å². The molecule has 5 nitrogen and oxygen atoms in total. The molecule has 1 aromatic carbocycles. The van der Waals surface area contributed by atoms with Gasteiger partial charge in [-0.25, -0.2) is 0 Å². The number of nitrogens with two attached hydrogens (primary N) is 1. The van der Waals surface area contributed by atoms with Crippen LogP contribution in [0.15, 0.2) is 61.3 Å². The lowest BCUT2D eigenvalue weighted by molar-refractivity contribution is -0.125. The second-order valence-electron chi connectivity index (χ2n) is 4.22. The van der Waals surface area contributed by atoms with E-state index in [0.717, 1.165) is 5.69 Å². The number of nitrogens with zero attached hydrogens (tertiary/aromatic N) is 2. The van der Waals surface area contributed by atoms with Gasteiger partial charge in [-0.2, -0.15) is 5.26 Å². The molecule has 21 heavy (non-hydrogen) atoms. The van der Waals surface area contributed by atoms with E-state index in [4.69, 9.17) is 11.0 Å². The largest absolute Gasteiger partial charge is 0.399 e. The van der Waals surface area contributed by atoms with Gasteiger partial charge in [0.25, 0.3) is 5.91 Å². The van der Waals surface area contributed by atoms with E-state index < -0.39 is 0 Å². The van der Waals surface area contributed by atoms with E-state index in [1.165, 1.54) is 11.1 Å². The number of benzene rings is 1. The Bertz CT molecular complexity index is 571. The Hall–Kier alpha value is -3.00. The van der Waals surface area contributed by atoms with Gasteiger partial charge in [-0.1, -0.05) is 12.2 Å². The van der Waals surface area contributed by atoms with Gasteiger partial charge in [0.1, 0.15) is 11.6 Å². The predicted octanol–water partition coefficient (Wildman–Crippen LogP) is 2.29. The van der Waals surface area contributed by atoms with E-state index in [1.807, 2.05) is 6.07 Å². The summed E-state index contributed by atoms with van der Waals surface area (Å²) in [7, 11) is 0. The van der Waals surface area contributed by atoms with Crippen LogP contribution < -0.4 is 11.1 Å². The lowest BCUT2D eigenvalue weighted by atomic mass is 10.2. The van der Waals surface area contributed by atoms with Crippen LogP contribution in [0.4, 0.5) is 11.4 Å². The van der Waals surface area contributed by atoms with Crippen LogP contribution in [0.5, 0.6) is 0 Å². The van der Waals surface area contributed by atoms with Gasteiger partial charge in [0.05, 0.1) is 0 Å². The highest BCUT2D eigenvalue weighted by Crippen LogP contribution is 2.11. The Kier molecular flexibility index (Phi) is 6.29. The Morgan fingerprint density at radius 2 is 1.86 bits per heavy atom. The number of carbonyl (C=O) groups excluding carboxylic acids is 1. The van der Waals surface area contributed by atoms with Gasteiger partial charge in [0.15, 0.2) is 0 Å². The third kappa shape index (κ3) is 4.88. The Balaban J connectivity index is 2.84. The molecule has 3 N–H and O–H groups in total. The molecule has 1 aromatic rings. The number of nitriles is 1. The van der Waals surface area contributed by atoms with E-state index in [1.54, 1.807) is 36.4 Å². The number of hydrogen-bond donors (Lipinski definition) is 2. The number of rotatable bonds is 7. The van der Waals surface area contributed by atoms with Gasteiger partial charge >= 0.3 is 0 Å². The fourth-order valence-electron chi connectivity index (χ4n) is 1.60. The number of hydrogen-bond acceptors (Lipinski definition) is 4. The first-order valence-corrected chi connectivity index (χ1v) is 6.35. The maximum atomic E-state index is 12.2. The van der Waals surface area contributed by atoms with E-state index in [0.29, 0.717) is 18.8 Å². The maximum Gasteiger partial charge on any atom is 0.266 e. The van der Waals surface area contributed by atoms with Crippen molar-refractivity contribution in [1.29, 1.82) is 5.26 Å². The minimum absolute atomic E-state index is 0.00975. The average Bonchev–Trinajstić information content (AvgIpc) is 2.49. The van der Waals surface area contributed by atoms with E-state index >= 15 is 0 Å². The first kappa shape index (κ1) is 16.1. The van der Waals surface area contributed by atoms with Gasteiger partial charge in [-0.3, -0.25) is 4.79 Å². The molecule has 0 saturated carbocycles. The molecule has 0 aliphatic carbocycles. The zero-order valence-electron chi connectivity index (χ0n) is 11.7. The standard InChI is InChI=1S/C16H18N4O/c1-3-9-20(10-4-2)16(21)13(11-17)12-19-15-7-5-14(18)6-8-15/h3-8,12,19H,1-2,9-10,18H2/b13-12-. The Morgan fingerprint density at radius 3 is 2.33 bits per heavy atom. The van der Waals surface area contributed by atoms with Crippen molar-refractivity contribution >= 4 is 17.3 Å². The van der Waals surface area contributed by atoms with Crippen LogP contribution in [-0.4, -0.2) is 23.9 Å². The Labute approximate surface area is 124 Å². The number of amides is 1. The molecule has 0 spiro atoms. The van der Waals surface area contributed by atoms with E-state index in [2.05, 4.69) is 18.5 Å². The van der Waals surface area contributed by atoms with E-state index in [9.17, 15) is 4.79 Å². The van der Waals surface area contributed by atoms with Crippen LogP contribution in [0.25, 0.3) is 0 Å². The summed E-state index contributed by atoms with van der Waals surface area (Å²) in [5.41, 5.74) is 6.98. The summed E-state index contributed by atoms with van der Waals surface area (Å²) in [5.74, 6) is -0.375. The molecule has 0 fully saturated rings. The van der Waals surface area contributed by atoms with Crippen molar-refractivity contribution in [3.63, 3.8) is 0 Å². The second-order valence-corrected chi connectivity index (χ2v) is 4.22. The van der Waals surface area contributed by atoms with Crippen molar-refractivity contribution < 1.29 is 4.79 Å². The van der Waals surface area contributed by atoms with Crippen molar-refractivity contribution in [1.82, 2.24) is 4.90 Å². The smallest absolute Gasteiger partial charge is 0.266 e. The molecule has 0 saturated heterocycles. The maximum absolute atomic E-state index is 12.2. The predicted molar refractivity (Wildman–Crippen MR) is 85.1 cm³/mol. The third-order valence-electron chi connectivity index (χ3n) is 2.63. The van der Waals surface area contributed by atoms with Crippen molar-refractivity contribution in [2.45, 2.75) is 0 Å². The normalized spacial score (nSPS) is 10.3. The lowest BCUT2D eigenvalue weighted by Gasteiger charge is -2.18. The molecule has 0 aromatic heterocycles. The first-order chi connectivity index (χ1) is 10.1. The molecule has 0 aliphatic heterocycles. The monoisotopic (exact) mass is 282 g/mol. The summed E-state index contributed by atoms with van der Waals surface area (Å²) >= 11 is 0. The van der Waals surface area contributed by atoms with Crippen molar-refractivity contribution in [3.05, 3.63) is 61.3 Å². The summed E-state index contributed by atoms with van der Waals surface area (Å²) in [6.45, 7) is 7.89. The minimum atomic E-state index is -0.375. The fourth-order valence-corrected chi connectivity index (χ4v) is 1.60. The highest BCUT2D eigenvalue weighted by molar-refractivity contribution is 5.97. The van der Waals surface area contributed by atoms with Gasteiger partial charge in [-0.05, 0) is 24.3 Å². The molecule has 0 heterocycles. The molecular formula is C16H18N4O. The quantitative estimate of drug-likeness (QED) is 0.348. The van der Waals surface area contributed by atoms with Crippen LogP contribution >= 0.6 is 0 Å². The molecule has 1 amide bonds. The van der Waals surface area contributed by atoms with Crippen LogP contribution in [0.3, 0.4) is 0 Å². The highest BCUT2D eigenvalue weighted by atomic mass is 16.2. The third-order valence-corrected chi connectivity index (χ3v) is 2.63. The zero-order chi connectivity index (χ0) is 15.7. The SMILES string of the molecule is C=CCN(CC=C)C(=O)/C(C#N)=C\Nc1ccc(N)cc1. The fraction of sp³-hybridized carbons (Fsp3) is 0.125. The van der Waals surface area contributed by atoms with Gasteiger partial charge in [0.2, 0.25) is 0 Å². The van der Waals surface area contributed by atoms with Gasteiger partial charge < -0.3 is 16.0 Å². The van der Waals surface area contributed by atoms with Crippen molar-refractivity contribution in [2.24, 2.45) is 0 Å². The van der Waals surface area contributed by atoms with Gasteiger partial charge in [-0.15, -0.1) is 13.2 Å². The summed E-state index contributed by atoms with van der Waals surface area (Å²) in [6, 6.07) is 8.87. The summed E-state index contributed by atoms with van der Waals surface area (Å²) in [6.07, 6.45) is 4.58. The second kappa shape index (κ2) is 8.23. The topological polar surface area (TPSA) is 82.2 Å². The van der Waals surface area contributed by atoms with Crippen molar-refractivity contribution in [2.75, 3.05) is 24.1 Å². The summed E-state index contributed by atoms with van der Waals surface area (Å²) in [5, 5.41) is 12.0. The molecule has 0 radical (unpaired) electrons. The molecule has 0 bridgehead atoms. The number of nitrogen functional groups attached to an aromatic ring is 1. The van der Waals surface area contributed by atoms with Crippen molar-refractivity contribution in [3.8, 4) is 6.07 Å². The number of anilines is 2. The minimum Gasteiger partial charge on any atom is -0.399 e. The van der Waals surface area contributed by atoms with Gasteiger partial charge in [0, 0.05) is 30.7 Å². The Morgan fingerprint density at radius 1 is 1.29 bits per heavy atom. The molecule has 5 heteroatoms. The van der Waals surface area contributed by atoms with E-state index in [-0.39, 0.29) is 11.5 Å². The zero-order valence-corrected chi connectivity index (χ0v) is 11.7. The number of carbonyl (C=O) groups is 1. The molecule has 0 unspecified atom stereocenters. The molecule has 0 atom stereocenters.